The van der Waals surface area contributed by atoms with Crippen LogP contribution in [0.25, 0.3) is 6.08 Å². The van der Waals surface area contributed by atoms with Gasteiger partial charge in [-0.25, -0.2) is 4.79 Å². The normalized spacial score (nSPS) is 10.8. The summed E-state index contributed by atoms with van der Waals surface area (Å²) in [6, 6.07) is 12.8. The van der Waals surface area contributed by atoms with Gasteiger partial charge in [-0.15, -0.1) is 0 Å². The molecule has 0 aliphatic heterocycles. The van der Waals surface area contributed by atoms with Gasteiger partial charge in [-0.3, -0.25) is 4.79 Å². The van der Waals surface area contributed by atoms with Crippen LogP contribution in [-0.2, 0) is 14.3 Å². The van der Waals surface area contributed by atoms with E-state index in [-0.39, 0.29) is 12.2 Å². The average Bonchev–Trinajstić information content (AvgIpc) is 2.67. The lowest BCUT2D eigenvalue weighted by atomic mass is 10.1. The minimum atomic E-state index is -0.475. The lowest BCUT2D eigenvalue weighted by Gasteiger charge is -2.09. The number of anilines is 1. The Kier molecular flexibility index (Phi) is 8.21. The Morgan fingerprint density at radius 1 is 1.21 bits per heavy atom. The zero-order valence-electron chi connectivity index (χ0n) is 16.4. The summed E-state index contributed by atoms with van der Waals surface area (Å²) >= 11 is 2.07. The van der Waals surface area contributed by atoms with Crippen molar-refractivity contribution in [1.82, 2.24) is 0 Å². The Hall–Kier alpha value is -2.86. The molecule has 2 aromatic rings. The fraction of sp³-hybridized carbons (Fsp3) is 0.227. The van der Waals surface area contributed by atoms with Crippen LogP contribution in [-0.4, -0.2) is 25.1 Å². The maximum Gasteiger partial charge on any atom is 0.344 e. The molecule has 0 heterocycles. The highest BCUT2D eigenvalue weighted by atomic mass is 127. The zero-order chi connectivity index (χ0) is 21.4. The van der Waals surface area contributed by atoms with Crippen molar-refractivity contribution in [3.8, 4) is 11.8 Å². The Bertz CT molecular complexity index is 993. The predicted molar refractivity (Wildman–Crippen MR) is 119 cm³/mol. The van der Waals surface area contributed by atoms with Gasteiger partial charge >= 0.3 is 5.97 Å². The minimum absolute atomic E-state index is 0.0130. The number of carbonyl (C=O) groups is 2. The summed E-state index contributed by atoms with van der Waals surface area (Å²) in [4.78, 5) is 23.9. The van der Waals surface area contributed by atoms with E-state index in [1.54, 1.807) is 25.1 Å². The van der Waals surface area contributed by atoms with Gasteiger partial charge in [0.2, 0.25) is 0 Å². The highest BCUT2D eigenvalue weighted by Gasteiger charge is 2.12. The Morgan fingerprint density at radius 2 is 1.97 bits per heavy atom. The maximum absolute atomic E-state index is 12.5. The Morgan fingerprint density at radius 3 is 2.59 bits per heavy atom. The van der Waals surface area contributed by atoms with Gasteiger partial charge in [0.25, 0.3) is 5.91 Å². The summed E-state index contributed by atoms with van der Waals surface area (Å²) in [6.07, 6.45) is 1.51. The van der Waals surface area contributed by atoms with E-state index in [0.29, 0.717) is 23.6 Å². The van der Waals surface area contributed by atoms with Crippen LogP contribution in [0, 0.1) is 28.7 Å². The summed E-state index contributed by atoms with van der Waals surface area (Å²) in [5, 5.41) is 12.2. The molecular weight excluding hydrogens is 483 g/mol. The number of amides is 1. The van der Waals surface area contributed by atoms with E-state index in [4.69, 9.17) is 9.47 Å². The quantitative estimate of drug-likeness (QED) is 0.262. The van der Waals surface area contributed by atoms with E-state index in [1.165, 1.54) is 6.08 Å². The van der Waals surface area contributed by atoms with Gasteiger partial charge in [0.1, 0.15) is 17.4 Å². The van der Waals surface area contributed by atoms with Gasteiger partial charge in [-0.1, -0.05) is 23.8 Å². The number of nitrogens with zero attached hydrogens (tertiary/aromatic N) is 1. The summed E-state index contributed by atoms with van der Waals surface area (Å²) in [5.41, 5.74) is 3.34. The van der Waals surface area contributed by atoms with Gasteiger partial charge < -0.3 is 14.8 Å². The standard InChI is InChI=1S/C22H21IN2O4/c1-4-28-21(26)13-29-20-8-6-16(11-18(20)23)10-17(12-24)22(27)25-19-7-5-14(2)9-15(19)3/h5-11H,4,13H2,1-3H3,(H,25,27)/b17-10+. The first-order chi connectivity index (χ1) is 13.8. The molecule has 0 fully saturated rings. The van der Waals surface area contributed by atoms with Gasteiger partial charge in [0, 0.05) is 5.69 Å². The molecule has 7 heteroatoms. The fourth-order valence-electron chi connectivity index (χ4n) is 2.52. The van der Waals surface area contributed by atoms with Gasteiger partial charge in [0.05, 0.1) is 10.2 Å². The third-order valence-corrected chi connectivity index (χ3v) is 4.76. The van der Waals surface area contributed by atoms with Crippen molar-refractivity contribution < 1.29 is 19.1 Å². The molecule has 0 saturated heterocycles. The topological polar surface area (TPSA) is 88.4 Å². The molecule has 0 atom stereocenters. The number of esters is 1. The van der Waals surface area contributed by atoms with Crippen molar-refractivity contribution in [3.63, 3.8) is 0 Å². The Labute approximate surface area is 183 Å². The van der Waals surface area contributed by atoms with Crippen LogP contribution < -0.4 is 10.1 Å². The molecule has 0 aromatic heterocycles. The third-order valence-electron chi connectivity index (χ3n) is 3.91. The van der Waals surface area contributed by atoms with Crippen molar-refractivity contribution in [2.24, 2.45) is 0 Å². The van der Waals surface area contributed by atoms with Crippen LogP contribution in [0.1, 0.15) is 23.6 Å². The second kappa shape index (κ2) is 10.6. The number of halogens is 1. The molecule has 0 unspecified atom stereocenters. The van der Waals surface area contributed by atoms with E-state index < -0.39 is 11.9 Å². The molecule has 0 aliphatic carbocycles. The maximum atomic E-state index is 12.5. The number of carbonyl (C=O) groups excluding carboxylic acids is 2. The molecule has 29 heavy (non-hydrogen) atoms. The summed E-state index contributed by atoms with van der Waals surface area (Å²) in [5.74, 6) is -0.395. The SMILES string of the molecule is CCOC(=O)COc1ccc(/C=C(\C#N)C(=O)Nc2ccc(C)cc2C)cc1I. The van der Waals surface area contributed by atoms with E-state index in [9.17, 15) is 14.9 Å². The van der Waals surface area contributed by atoms with Gasteiger partial charge in [-0.2, -0.15) is 5.26 Å². The van der Waals surface area contributed by atoms with E-state index in [2.05, 4.69) is 27.9 Å². The lowest BCUT2D eigenvalue weighted by Crippen LogP contribution is -2.15. The molecule has 2 aromatic carbocycles. The van der Waals surface area contributed by atoms with Crippen LogP contribution in [0.5, 0.6) is 5.75 Å². The first-order valence-corrected chi connectivity index (χ1v) is 10.00. The zero-order valence-corrected chi connectivity index (χ0v) is 18.6. The number of nitrogens with one attached hydrogen (secondary N) is 1. The van der Waals surface area contributed by atoms with E-state index >= 15 is 0 Å². The van der Waals surface area contributed by atoms with Crippen molar-refractivity contribution in [2.45, 2.75) is 20.8 Å². The highest BCUT2D eigenvalue weighted by molar-refractivity contribution is 14.1. The van der Waals surface area contributed by atoms with Crippen LogP contribution in [0.15, 0.2) is 42.0 Å². The molecule has 2 rings (SSSR count). The summed E-state index contributed by atoms with van der Waals surface area (Å²) in [7, 11) is 0. The molecule has 6 nitrogen and oxygen atoms in total. The van der Waals surface area contributed by atoms with Crippen LogP contribution in [0.3, 0.4) is 0 Å². The predicted octanol–water partition coefficient (Wildman–Crippen LogP) is 4.40. The number of hydrogen-bond acceptors (Lipinski definition) is 5. The fourth-order valence-corrected chi connectivity index (χ4v) is 3.22. The number of ether oxygens (including phenoxy) is 2. The molecule has 150 valence electrons. The second-order valence-electron chi connectivity index (χ2n) is 6.23. The first-order valence-electron chi connectivity index (χ1n) is 8.92. The molecule has 0 radical (unpaired) electrons. The number of rotatable bonds is 7. The number of nitriles is 1. The smallest absolute Gasteiger partial charge is 0.344 e. The van der Waals surface area contributed by atoms with Crippen molar-refractivity contribution >= 4 is 46.2 Å². The monoisotopic (exact) mass is 504 g/mol. The minimum Gasteiger partial charge on any atom is -0.481 e. The van der Waals surface area contributed by atoms with Crippen molar-refractivity contribution in [3.05, 3.63) is 62.2 Å². The first kappa shape index (κ1) is 22.4. The average molecular weight is 504 g/mol. The van der Waals surface area contributed by atoms with E-state index in [1.807, 2.05) is 38.1 Å². The largest absolute Gasteiger partial charge is 0.481 e. The molecule has 0 saturated carbocycles. The summed E-state index contributed by atoms with van der Waals surface area (Å²) in [6.45, 7) is 5.72. The number of hydrogen-bond donors (Lipinski definition) is 1. The van der Waals surface area contributed by atoms with E-state index in [0.717, 1.165) is 14.7 Å². The molecule has 0 aliphatic rings. The molecular formula is C22H21IN2O4. The number of aryl methyl sites for hydroxylation is 2. The molecule has 1 amide bonds. The lowest BCUT2D eigenvalue weighted by molar-refractivity contribution is -0.145. The third kappa shape index (κ3) is 6.61. The van der Waals surface area contributed by atoms with Gasteiger partial charge in [0.15, 0.2) is 6.61 Å². The molecule has 1 N–H and O–H groups in total. The number of benzene rings is 2. The van der Waals surface area contributed by atoms with Crippen LogP contribution in [0.2, 0.25) is 0 Å². The van der Waals surface area contributed by atoms with Crippen molar-refractivity contribution in [1.29, 1.82) is 5.26 Å². The highest BCUT2D eigenvalue weighted by Crippen LogP contribution is 2.24. The van der Waals surface area contributed by atoms with Crippen LogP contribution >= 0.6 is 22.6 Å². The van der Waals surface area contributed by atoms with Crippen molar-refractivity contribution in [2.75, 3.05) is 18.5 Å². The second-order valence-corrected chi connectivity index (χ2v) is 7.39. The molecule has 0 spiro atoms. The Balaban J connectivity index is 2.13. The van der Waals surface area contributed by atoms with Gasteiger partial charge in [-0.05, 0) is 78.8 Å². The van der Waals surface area contributed by atoms with Crippen LogP contribution in [0.4, 0.5) is 5.69 Å². The molecule has 0 bridgehead atoms. The summed E-state index contributed by atoms with van der Waals surface area (Å²) < 4.78 is 11.0.